The Balaban J connectivity index is 0.00000162. The van der Waals surface area contributed by atoms with Crippen molar-refractivity contribution >= 4 is 34.0 Å². The fourth-order valence-electron chi connectivity index (χ4n) is 2.26. The molecule has 0 unspecified atom stereocenters. The summed E-state index contributed by atoms with van der Waals surface area (Å²) < 4.78 is 1.06. The first-order chi connectivity index (χ1) is 8.15. The van der Waals surface area contributed by atoms with Crippen molar-refractivity contribution in [2.24, 2.45) is 0 Å². The summed E-state index contributed by atoms with van der Waals surface area (Å²) in [7, 11) is 0. The zero-order chi connectivity index (χ0) is 12.3. The Hall–Kier alpha value is -0.290. The van der Waals surface area contributed by atoms with Gasteiger partial charge in [0.05, 0.1) is 6.10 Å². The number of halogens is 2. The van der Waals surface area contributed by atoms with Gasteiger partial charge in [-0.1, -0.05) is 15.9 Å². The quantitative estimate of drug-likeness (QED) is 0.745. The van der Waals surface area contributed by atoms with Crippen molar-refractivity contribution in [3.05, 3.63) is 28.2 Å². The van der Waals surface area contributed by atoms with E-state index in [0.29, 0.717) is 6.04 Å². The summed E-state index contributed by atoms with van der Waals surface area (Å²) >= 11 is 3.45. The van der Waals surface area contributed by atoms with Crippen LogP contribution in [-0.4, -0.2) is 17.3 Å². The number of anilines is 1. The normalized spacial score (nSPS) is 23.4. The molecule has 0 spiro atoms. The average Bonchev–Trinajstić information content (AvgIpc) is 2.32. The van der Waals surface area contributed by atoms with E-state index in [0.717, 1.165) is 48.0 Å². The molecule has 102 valence electrons. The minimum absolute atomic E-state index is 0. The van der Waals surface area contributed by atoms with Crippen LogP contribution in [0.4, 0.5) is 5.69 Å². The van der Waals surface area contributed by atoms with E-state index in [9.17, 15) is 5.11 Å². The number of hydrogen-bond acceptors (Lipinski definition) is 3. The molecule has 1 aromatic rings. The fourth-order valence-corrected chi connectivity index (χ4v) is 2.67. The summed E-state index contributed by atoms with van der Waals surface area (Å²) in [6.45, 7) is 0.798. The lowest BCUT2D eigenvalue weighted by molar-refractivity contribution is 0.116. The van der Waals surface area contributed by atoms with Gasteiger partial charge in [0.15, 0.2) is 0 Å². The monoisotopic (exact) mass is 334 g/mol. The highest BCUT2D eigenvalue weighted by Gasteiger charge is 2.18. The van der Waals surface area contributed by atoms with Gasteiger partial charge in [-0.2, -0.15) is 0 Å². The maximum absolute atomic E-state index is 9.44. The predicted octanol–water partition coefficient (Wildman–Crippen LogP) is 2.85. The molecule has 0 heterocycles. The molecule has 1 aliphatic carbocycles. The number of nitrogens with one attached hydrogen (secondary N) is 1. The molecule has 5 heteroatoms. The fraction of sp³-hybridized carbons (Fsp3) is 0.538. The zero-order valence-corrected chi connectivity index (χ0v) is 12.6. The Morgan fingerprint density at radius 2 is 1.94 bits per heavy atom. The Morgan fingerprint density at radius 1 is 1.28 bits per heavy atom. The van der Waals surface area contributed by atoms with E-state index in [1.54, 1.807) is 0 Å². The van der Waals surface area contributed by atoms with Gasteiger partial charge in [0, 0.05) is 22.7 Å². The summed E-state index contributed by atoms with van der Waals surface area (Å²) in [5.74, 6) is 0. The number of nitrogens with two attached hydrogens (primary N) is 1. The molecule has 0 saturated heterocycles. The lowest BCUT2D eigenvalue weighted by Crippen LogP contribution is -2.34. The molecule has 0 bridgehead atoms. The molecule has 0 aliphatic heterocycles. The molecule has 18 heavy (non-hydrogen) atoms. The van der Waals surface area contributed by atoms with Crippen molar-refractivity contribution in [1.82, 2.24) is 5.32 Å². The summed E-state index contributed by atoms with van der Waals surface area (Å²) in [4.78, 5) is 0. The minimum Gasteiger partial charge on any atom is -0.398 e. The highest BCUT2D eigenvalue weighted by molar-refractivity contribution is 9.10. The van der Waals surface area contributed by atoms with E-state index in [2.05, 4.69) is 27.3 Å². The van der Waals surface area contributed by atoms with E-state index < -0.39 is 0 Å². The van der Waals surface area contributed by atoms with Crippen LogP contribution in [0.25, 0.3) is 0 Å². The van der Waals surface area contributed by atoms with E-state index in [1.165, 1.54) is 0 Å². The third kappa shape index (κ3) is 4.43. The van der Waals surface area contributed by atoms with Gasteiger partial charge in [-0.25, -0.2) is 0 Å². The molecule has 2 rings (SSSR count). The number of aliphatic hydroxyl groups is 1. The molecule has 3 nitrogen and oxygen atoms in total. The van der Waals surface area contributed by atoms with Gasteiger partial charge in [0.25, 0.3) is 0 Å². The number of rotatable bonds is 3. The highest BCUT2D eigenvalue weighted by atomic mass is 79.9. The van der Waals surface area contributed by atoms with Crippen molar-refractivity contribution in [3.63, 3.8) is 0 Å². The number of hydrogen-bond donors (Lipinski definition) is 3. The second kappa shape index (κ2) is 7.34. The molecule has 1 fully saturated rings. The Labute approximate surface area is 123 Å². The third-order valence-electron chi connectivity index (χ3n) is 3.38. The number of nitrogen functional groups attached to an aromatic ring is 1. The molecule has 4 N–H and O–H groups in total. The van der Waals surface area contributed by atoms with E-state index in [4.69, 9.17) is 5.73 Å². The van der Waals surface area contributed by atoms with Crippen LogP contribution in [0.3, 0.4) is 0 Å². The molecule has 0 amide bonds. The Morgan fingerprint density at radius 3 is 2.61 bits per heavy atom. The lowest BCUT2D eigenvalue weighted by atomic mass is 9.93. The van der Waals surface area contributed by atoms with Crippen molar-refractivity contribution in [1.29, 1.82) is 0 Å². The largest absolute Gasteiger partial charge is 0.398 e. The van der Waals surface area contributed by atoms with Crippen LogP contribution < -0.4 is 11.1 Å². The van der Waals surface area contributed by atoms with Gasteiger partial charge in [-0.3, -0.25) is 0 Å². The third-order valence-corrected chi connectivity index (χ3v) is 3.88. The lowest BCUT2D eigenvalue weighted by Gasteiger charge is -2.26. The van der Waals surface area contributed by atoms with Crippen molar-refractivity contribution in [2.45, 2.75) is 44.4 Å². The van der Waals surface area contributed by atoms with E-state index in [1.807, 2.05) is 12.1 Å². The van der Waals surface area contributed by atoms with E-state index in [-0.39, 0.29) is 18.5 Å². The summed E-state index contributed by atoms with van der Waals surface area (Å²) in [6.07, 6.45) is 3.82. The molecular weight excluding hydrogens is 316 g/mol. The maximum Gasteiger partial charge on any atom is 0.0541 e. The molecule has 1 aromatic carbocycles. The van der Waals surface area contributed by atoms with Gasteiger partial charge in [-0.15, -0.1) is 12.4 Å². The maximum atomic E-state index is 9.44. The molecular formula is C13H20BrClN2O. The van der Waals surface area contributed by atoms with Crippen LogP contribution in [0.5, 0.6) is 0 Å². The first-order valence-electron chi connectivity index (χ1n) is 6.10. The van der Waals surface area contributed by atoms with E-state index >= 15 is 0 Å². The van der Waals surface area contributed by atoms with Crippen LogP contribution in [0.2, 0.25) is 0 Å². The predicted molar refractivity (Wildman–Crippen MR) is 80.9 cm³/mol. The first kappa shape index (κ1) is 15.8. The van der Waals surface area contributed by atoms with Crippen LogP contribution in [0, 0.1) is 0 Å². The van der Waals surface area contributed by atoms with Gasteiger partial charge in [0.1, 0.15) is 0 Å². The van der Waals surface area contributed by atoms with Gasteiger partial charge in [0.2, 0.25) is 0 Å². The molecule has 1 aliphatic rings. The second-order valence-corrected chi connectivity index (χ2v) is 5.65. The van der Waals surface area contributed by atoms with Crippen molar-refractivity contribution in [2.75, 3.05) is 5.73 Å². The summed E-state index contributed by atoms with van der Waals surface area (Å²) in [5, 5.41) is 13.0. The SMILES string of the molecule is Cl.Nc1ccc(Br)cc1CNC1CCC(O)CC1. The van der Waals surface area contributed by atoms with Gasteiger partial charge < -0.3 is 16.2 Å². The van der Waals surface area contributed by atoms with Crippen LogP contribution in [0.1, 0.15) is 31.2 Å². The highest BCUT2D eigenvalue weighted by Crippen LogP contribution is 2.21. The van der Waals surface area contributed by atoms with Crippen LogP contribution in [0.15, 0.2) is 22.7 Å². The van der Waals surface area contributed by atoms with Crippen LogP contribution in [-0.2, 0) is 6.54 Å². The van der Waals surface area contributed by atoms with Crippen LogP contribution >= 0.6 is 28.3 Å². The Kier molecular flexibility index (Phi) is 6.43. The van der Waals surface area contributed by atoms with Crippen molar-refractivity contribution in [3.8, 4) is 0 Å². The topological polar surface area (TPSA) is 58.3 Å². The Bertz CT molecular complexity index is 381. The minimum atomic E-state index is -0.0935. The average molecular weight is 336 g/mol. The smallest absolute Gasteiger partial charge is 0.0541 e. The molecule has 0 radical (unpaired) electrons. The van der Waals surface area contributed by atoms with Crippen molar-refractivity contribution < 1.29 is 5.11 Å². The molecule has 1 saturated carbocycles. The number of aliphatic hydroxyl groups excluding tert-OH is 1. The summed E-state index contributed by atoms with van der Waals surface area (Å²) in [6, 6.07) is 6.44. The van der Waals surface area contributed by atoms with Gasteiger partial charge >= 0.3 is 0 Å². The molecule has 0 atom stereocenters. The number of benzene rings is 1. The standard InChI is InChI=1S/C13H19BrN2O.ClH/c14-10-1-6-13(15)9(7-10)8-16-11-2-4-12(17)5-3-11;/h1,6-7,11-12,16-17H,2-5,8,15H2;1H. The van der Waals surface area contributed by atoms with Gasteiger partial charge in [-0.05, 0) is 49.4 Å². The second-order valence-electron chi connectivity index (χ2n) is 4.73. The first-order valence-corrected chi connectivity index (χ1v) is 6.90. The molecule has 0 aromatic heterocycles. The zero-order valence-electron chi connectivity index (χ0n) is 10.2. The summed E-state index contributed by atoms with van der Waals surface area (Å²) in [5.41, 5.74) is 7.89.